The number of halogens is 1. The van der Waals surface area contributed by atoms with Crippen molar-refractivity contribution in [3.05, 3.63) is 69.2 Å². The number of hydrogen-bond acceptors (Lipinski definition) is 4. The average molecular weight is 399 g/mol. The van der Waals surface area contributed by atoms with Crippen molar-refractivity contribution in [1.29, 1.82) is 0 Å². The van der Waals surface area contributed by atoms with E-state index in [1.807, 2.05) is 32.0 Å². The molecule has 144 valence electrons. The van der Waals surface area contributed by atoms with Gasteiger partial charge in [-0.3, -0.25) is 19.0 Å². The van der Waals surface area contributed by atoms with E-state index in [9.17, 15) is 14.4 Å². The Morgan fingerprint density at radius 3 is 2.54 bits per heavy atom. The van der Waals surface area contributed by atoms with Gasteiger partial charge >= 0.3 is 0 Å². The highest BCUT2D eigenvalue weighted by atomic mass is 35.5. The number of hydrogen-bond donors (Lipinski definition) is 2. The maximum atomic E-state index is 12.5. The zero-order valence-corrected chi connectivity index (χ0v) is 16.2. The number of amides is 2. The van der Waals surface area contributed by atoms with Crippen LogP contribution in [-0.4, -0.2) is 27.9 Å². The van der Waals surface area contributed by atoms with E-state index in [0.29, 0.717) is 15.9 Å². The number of nitrogens with zero attached hydrogens (tertiary/aromatic N) is 2. The summed E-state index contributed by atoms with van der Waals surface area (Å²) in [6, 6.07) is 10.5. The second-order valence-electron chi connectivity index (χ2n) is 6.43. The van der Waals surface area contributed by atoms with Crippen molar-refractivity contribution in [2.24, 2.45) is 0 Å². The van der Waals surface area contributed by atoms with E-state index in [4.69, 9.17) is 11.6 Å². The number of fused-ring (bicyclic) bond motifs is 1. The Balaban J connectivity index is 1.63. The highest BCUT2D eigenvalue weighted by Crippen LogP contribution is 2.19. The molecule has 2 amide bonds. The topological polar surface area (TPSA) is 93.1 Å². The highest BCUT2D eigenvalue weighted by molar-refractivity contribution is 6.31. The maximum absolute atomic E-state index is 12.5. The fraction of sp³-hybridized carbons (Fsp3) is 0.200. The molecule has 0 bridgehead atoms. The van der Waals surface area contributed by atoms with E-state index in [1.165, 1.54) is 17.0 Å². The van der Waals surface area contributed by atoms with Crippen LogP contribution < -0.4 is 16.2 Å². The molecule has 0 aliphatic rings. The number of carbonyl (C=O) groups is 2. The number of para-hydroxylation sites is 1. The van der Waals surface area contributed by atoms with Crippen molar-refractivity contribution >= 4 is 40.0 Å². The molecule has 0 spiro atoms. The van der Waals surface area contributed by atoms with Crippen LogP contribution in [0.5, 0.6) is 0 Å². The van der Waals surface area contributed by atoms with Gasteiger partial charge in [0.2, 0.25) is 11.8 Å². The van der Waals surface area contributed by atoms with E-state index in [2.05, 4.69) is 15.6 Å². The molecule has 0 unspecified atom stereocenters. The zero-order valence-electron chi connectivity index (χ0n) is 15.5. The first-order chi connectivity index (χ1) is 13.3. The summed E-state index contributed by atoms with van der Waals surface area (Å²) < 4.78 is 1.18. The van der Waals surface area contributed by atoms with Crippen LogP contribution in [0.1, 0.15) is 11.1 Å². The summed E-state index contributed by atoms with van der Waals surface area (Å²) in [6.07, 6.45) is 1.30. The number of nitrogens with one attached hydrogen (secondary N) is 2. The Morgan fingerprint density at radius 2 is 1.82 bits per heavy atom. The number of aromatic nitrogens is 2. The Kier molecular flexibility index (Phi) is 5.75. The minimum atomic E-state index is -0.470. The lowest BCUT2D eigenvalue weighted by Crippen LogP contribution is -2.37. The van der Waals surface area contributed by atoms with Crippen LogP contribution in [0.3, 0.4) is 0 Å². The fourth-order valence-electron chi connectivity index (χ4n) is 2.83. The Morgan fingerprint density at radius 1 is 1.11 bits per heavy atom. The van der Waals surface area contributed by atoms with Crippen molar-refractivity contribution in [2.45, 2.75) is 20.4 Å². The van der Waals surface area contributed by atoms with Gasteiger partial charge in [-0.25, -0.2) is 4.98 Å². The largest absolute Gasteiger partial charge is 0.345 e. The van der Waals surface area contributed by atoms with Gasteiger partial charge < -0.3 is 10.6 Å². The number of carbonyl (C=O) groups excluding carboxylic acids is 2. The molecule has 3 aromatic rings. The van der Waals surface area contributed by atoms with Gasteiger partial charge in [0.25, 0.3) is 5.56 Å². The van der Waals surface area contributed by atoms with Crippen LogP contribution in [0.25, 0.3) is 10.9 Å². The second kappa shape index (κ2) is 8.22. The molecule has 3 rings (SSSR count). The maximum Gasteiger partial charge on any atom is 0.261 e. The summed E-state index contributed by atoms with van der Waals surface area (Å²) in [6.45, 7) is 3.35. The molecule has 0 saturated heterocycles. The van der Waals surface area contributed by atoms with E-state index < -0.39 is 5.91 Å². The van der Waals surface area contributed by atoms with Gasteiger partial charge in [0.15, 0.2) is 0 Å². The molecule has 0 aliphatic carbocycles. The molecule has 0 aliphatic heterocycles. The highest BCUT2D eigenvalue weighted by Gasteiger charge is 2.11. The van der Waals surface area contributed by atoms with Crippen molar-refractivity contribution in [1.82, 2.24) is 14.9 Å². The minimum absolute atomic E-state index is 0.200. The van der Waals surface area contributed by atoms with Gasteiger partial charge in [0.05, 0.1) is 23.8 Å². The number of benzene rings is 2. The van der Waals surface area contributed by atoms with E-state index >= 15 is 0 Å². The van der Waals surface area contributed by atoms with Crippen molar-refractivity contribution in [3.63, 3.8) is 0 Å². The lowest BCUT2D eigenvalue weighted by molar-refractivity contribution is -0.124. The summed E-state index contributed by atoms with van der Waals surface area (Å²) in [5.41, 5.74) is 2.73. The molecule has 0 fully saturated rings. The van der Waals surface area contributed by atoms with E-state index in [0.717, 1.165) is 16.8 Å². The molecule has 8 heteroatoms. The van der Waals surface area contributed by atoms with Crippen LogP contribution in [0.4, 0.5) is 5.69 Å². The first-order valence-corrected chi connectivity index (χ1v) is 9.00. The normalized spacial score (nSPS) is 10.7. The van der Waals surface area contributed by atoms with Gasteiger partial charge in [-0.1, -0.05) is 29.8 Å². The monoisotopic (exact) mass is 398 g/mol. The number of rotatable bonds is 5. The van der Waals surface area contributed by atoms with Crippen molar-refractivity contribution in [2.75, 3.05) is 11.9 Å². The number of aryl methyl sites for hydroxylation is 2. The molecule has 2 N–H and O–H groups in total. The lowest BCUT2D eigenvalue weighted by atomic mass is 10.1. The Bertz CT molecular complexity index is 1100. The van der Waals surface area contributed by atoms with Crippen LogP contribution in [0.2, 0.25) is 5.02 Å². The summed E-state index contributed by atoms with van der Waals surface area (Å²) in [7, 11) is 0. The minimum Gasteiger partial charge on any atom is -0.345 e. The smallest absolute Gasteiger partial charge is 0.261 e. The quantitative estimate of drug-likeness (QED) is 0.690. The van der Waals surface area contributed by atoms with Gasteiger partial charge in [-0.2, -0.15) is 0 Å². The van der Waals surface area contributed by atoms with E-state index in [-0.39, 0.29) is 24.6 Å². The van der Waals surface area contributed by atoms with Crippen LogP contribution in [0, 0.1) is 13.8 Å². The number of anilines is 1. The van der Waals surface area contributed by atoms with Crippen LogP contribution in [0.15, 0.2) is 47.5 Å². The van der Waals surface area contributed by atoms with Gasteiger partial charge in [-0.15, -0.1) is 0 Å². The predicted octanol–water partition coefficient (Wildman–Crippen LogP) is 2.42. The third-order valence-electron chi connectivity index (χ3n) is 4.29. The third-order valence-corrected chi connectivity index (χ3v) is 4.53. The van der Waals surface area contributed by atoms with Crippen molar-refractivity contribution in [3.8, 4) is 0 Å². The lowest BCUT2D eigenvalue weighted by Gasteiger charge is -2.12. The molecule has 28 heavy (non-hydrogen) atoms. The molecule has 1 aromatic heterocycles. The molecular formula is C20H19ClN4O3. The Hall–Kier alpha value is -3.19. The Labute approximate surface area is 166 Å². The average Bonchev–Trinajstić information content (AvgIpc) is 2.66. The van der Waals surface area contributed by atoms with E-state index in [1.54, 1.807) is 12.1 Å². The first-order valence-electron chi connectivity index (χ1n) is 8.62. The third kappa shape index (κ3) is 4.37. The molecule has 2 aromatic carbocycles. The molecular weight excluding hydrogens is 380 g/mol. The first kappa shape index (κ1) is 19.6. The fourth-order valence-corrected chi connectivity index (χ4v) is 3.00. The molecule has 0 radical (unpaired) electrons. The SMILES string of the molecule is Cc1cccc(C)c1NC(=O)CNC(=O)Cn1cnc2ccc(Cl)cc2c1=O. The van der Waals surface area contributed by atoms with Gasteiger partial charge in [0.1, 0.15) is 6.54 Å². The van der Waals surface area contributed by atoms with Gasteiger partial charge in [0, 0.05) is 10.7 Å². The second-order valence-corrected chi connectivity index (χ2v) is 6.87. The summed E-state index contributed by atoms with van der Waals surface area (Å²) >= 11 is 5.92. The predicted molar refractivity (Wildman–Crippen MR) is 109 cm³/mol. The summed E-state index contributed by atoms with van der Waals surface area (Å²) in [5, 5.41) is 6.05. The standard InChI is InChI=1S/C20H19ClN4O3/c1-12-4-3-5-13(2)19(12)24-17(26)9-22-18(27)10-25-11-23-16-7-6-14(21)8-15(16)20(25)28/h3-8,11H,9-10H2,1-2H3,(H,22,27)(H,24,26). The van der Waals surface area contributed by atoms with Crippen LogP contribution >= 0.6 is 11.6 Å². The van der Waals surface area contributed by atoms with Crippen molar-refractivity contribution < 1.29 is 9.59 Å². The summed E-state index contributed by atoms with van der Waals surface area (Å²) in [5.74, 6) is -0.816. The molecule has 1 heterocycles. The zero-order chi connectivity index (χ0) is 20.3. The molecule has 7 nitrogen and oxygen atoms in total. The van der Waals surface area contributed by atoms with Gasteiger partial charge in [-0.05, 0) is 43.2 Å². The summed E-state index contributed by atoms with van der Waals surface area (Å²) in [4.78, 5) is 40.9. The van der Waals surface area contributed by atoms with Crippen LogP contribution in [-0.2, 0) is 16.1 Å². The molecule has 0 atom stereocenters. The molecule has 0 saturated carbocycles.